The Balaban J connectivity index is 1.80. The predicted molar refractivity (Wildman–Crippen MR) is 108 cm³/mol. The van der Waals surface area contributed by atoms with E-state index in [1.807, 2.05) is 24.3 Å². The number of nitrogens with zero attached hydrogens (tertiary/aromatic N) is 4. The summed E-state index contributed by atoms with van der Waals surface area (Å²) < 4.78 is 3.11. The van der Waals surface area contributed by atoms with Crippen LogP contribution in [0.25, 0.3) is 21.8 Å². The predicted octanol–water partition coefficient (Wildman–Crippen LogP) is 1.74. The lowest BCUT2D eigenvalue weighted by molar-refractivity contribution is -0.121. The molecule has 0 spiro atoms. The lowest BCUT2D eigenvalue weighted by Gasteiger charge is -2.17. The Morgan fingerprint density at radius 1 is 1.19 bits per heavy atom. The number of nitrogens with one attached hydrogen (secondary N) is 1. The van der Waals surface area contributed by atoms with Gasteiger partial charge in [-0.05, 0) is 32.1 Å². The van der Waals surface area contributed by atoms with Crippen molar-refractivity contribution in [3.05, 3.63) is 40.8 Å². The summed E-state index contributed by atoms with van der Waals surface area (Å²) in [6, 6.07) is 7.73. The first-order valence-electron chi connectivity index (χ1n) is 9.49. The molecular formula is C20H27N5O2. The van der Waals surface area contributed by atoms with Gasteiger partial charge in [0.15, 0.2) is 0 Å². The second-order valence-corrected chi connectivity index (χ2v) is 6.67. The topological polar surface area (TPSA) is 72.2 Å². The zero-order chi connectivity index (χ0) is 19.4. The number of aryl methyl sites for hydroxylation is 1. The standard InChI is InChI=1S/C20H27N5O2/c1-4-24(5-2)12-8-11-21-18(26)14-25-17-10-7-6-9-15(17)16-13-22-23(3)20(27)19(16)25/h6-7,9-10,13H,4-5,8,11-12,14H2,1-3H3,(H,21,26). The molecule has 0 saturated heterocycles. The first-order valence-corrected chi connectivity index (χ1v) is 9.49. The Bertz CT molecular complexity index is 1000. The van der Waals surface area contributed by atoms with Crippen LogP contribution in [0.4, 0.5) is 0 Å². The number of benzene rings is 1. The Morgan fingerprint density at radius 2 is 1.93 bits per heavy atom. The van der Waals surface area contributed by atoms with Crippen LogP contribution in [-0.4, -0.2) is 51.3 Å². The molecule has 0 bridgehead atoms. The molecule has 7 heteroatoms. The summed E-state index contributed by atoms with van der Waals surface area (Å²) >= 11 is 0. The quantitative estimate of drug-likeness (QED) is 0.614. The number of para-hydroxylation sites is 1. The van der Waals surface area contributed by atoms with Gasteiger partial charge in [0.25, 0.3) is 5.56 Å². The third kappa shape index (κ3) is 3.88. The summed E-state index contributed by atoms with van der Waals surface area (Å²) in [6.45, 7) is 8.03. The van der Waals surface area contributed by atoms with E-state index >= 15 is 0 Å². The molecule has 2 heterocycles. The minimum atomic E-state index is -0.196. The number of hydrogen-bond donors (Lipinski definition) is 1. The molecule has 3 rings (SSSR count). The Labute approximate surface area is 158 Å². The van der Waals surface area contributed by atoms with E-state index in [4.69, 9.17) is 0 Å². The number of fused-ring (bicyclic) bond motifs is 3. The van der Waals surface area contributed by atoms with Crippen LogP contribution in [0.1, 0.15) is 20.3 Å². The average molecular weight is 369 g/mol. The van der Waals surface area contributed by atoms with Gasteiger partial charge in [-0.1, -0.05) is 32.0 Å². The number of carbonyl (C=O) groups is 1. The molecule has 0 aliphatic rings. The van der Waals surface area contributed by atoms with Crippen molar-refractivity contribution < 1.29 is 4.79 Å². The minimum Gasteiger partial charge on any atom is -0.355 e. The molecule has 0 aliphatic heterocycles. The normalized spacial score (nSPS) is 11.6. The molecule has 1 aromatic carbocycles. The Hall–Kier alpha value is -2.67. The average Bonchev–Trinajstić information content (AvgIpc) is 2.99. The van der Waals surface area contributed by atoms with Gasteiger partial charge in [-0.15, -0.1) is 0 Å². The van der Waals surface area contributed by atoms with Gasteiger partial charge in [-0.2, -0.15) is 5.10 Å². The molecule has 0 aliphatic carbocycles. The Kier molecular flexibility index (Phi) is 5.91. The van der Waals surface area contributed by atoms with Crippen LogP contribution in [0.3, 0.4) is 0 Å². The van der Waals surface area contributed by atoms with Crippen LogP contribution in [-0.2, 0) is 18.4 Å². The summed E-state index contributed by atoms with van der Waals surface area (Å²) in [7, 11) is 1.62. The van der Waals surface area contributed by atoms with Crippen molar-refractivity contribution in [1.29, 1.82) is 0 Å². The van der Waals surface area contributed by atoms with Gasteiger partial charge in [-0.3, -0.25) is 9.59 Å². The number of carbonyl (C=O) groups excluding carboxylic acids is 1. The molecule has 7 nitrogen and oxygen atoms in total. The summed E-state index contributed by atoms with van der Waals surface area (Å²) in [5.74, 6) is -0.0870. The lowest BCUT2D eigenvalue weighted by atomic mass is 10.2. The second-order valence-electron chi connectivity index (χ2n) is 6.67. The first-order chi connectivity index (χ1) is 13.1. The molecule has 0 saturated carbocycles. The maximum Gasteiger partial charge on any atom is 0.291 e. The van der Waals surface area contributed by atoms with Crippen molar-refractivity contribution in [1.82, 2.24) is 24.6 Å². The molecular weight excluding hydrogens is 342 g/mol. The van der Waals surface area contributed by atoms with Crippen molar-refractivity contribution in [2.75, 3.05) is 26.2 Å². The van der Waals surface area contributed by atoms with Gasteiger partial charge >= 0.3 is 0 Å². The maximum absolute atomic E-state index is 12.6. The summed E-state index contributed by atoms with van der Waals surface area (Å²) in [5.41, 5.74) is 1.20. The highest BCUT2D eigenvalue weighted by molar-refractivity contribution is 6.07. The number of aromatic nitrogens is 3. The highest BCUT2D eigenvalue weighted by Gasteiger charge is 2.16. The van der Waals surface area contributed by atoms with Crippen LogP contribution in [0.15, 0.2) is 35.3 Å². The van der Waals surface area contributed by atoms with Crippen molar-refractivity contribution in [3.8, 4) is 0 Å². The van der Waals surface area contributed by atoms with Gasteiger partial charge < -0.3 is 14.8 Å². The van der Waals surface area contributed by atoms with E-state index in [0.717, 1.165) is 42.3 Å². The monoisotopic (exact) mass is 369 g/mol. The van der Waals surface area contributed by atoms with E-state index < -0.39 is 0 Å². The first kappa shape index (κ1) is 19.1. The van der Waals surface area contributed by atoms with Gasteiger partial charge in [-0.25, -0.2) is 4.68 Å². The third-order valence-electron chi connectivity index (χ3n) is 5.04. The third-order valence-corrected chi connectivity index (χ3v) is 5.04. The van der Waals surface area contributed by atoms with E-state index in [-0.39, 0.29) is 18.0 Å². The molecule has 1 amide bonds. The fourth-order valence-electron chi connectivity index (χ4n) is 3.48. The maximum atomic E-state index is 12.6. The van der Waals surface area contributed by atoms with E-state index in [1.54, 1.807) is 17.8 Å². The van der Waals surface area contributed by atoms with E-state index in [0.29, 0.717) is 12.1 Å². The van der Waals surface area contributed by atoms with Crippen LogP contribution >= 0.6 is 0 Å². The van der Waals surface area contributed by atoms with Crippen LogP contribution < -0.4 is 10.9 Å². The molecule has 0 atom stereocenters. The van der Waals surface area contributed by atoms with Crippen LogP contribution in [0, 0.1) is 0 Å². The van der Waals surface area contributed by atoms with E-state index in [2.05, 4.69) is 29.2 Å². The molecule has 0 radical (unpaired) electrons. The largest absolute Gasteiger partial charge is 0.355 e. The van der Waals surface area contributed by atoms with Crippen molar-refractivity contribution in [3.63, 3.8) is 0 Å². The molecule has 2 aromatic heterocycles. The second kappa shape index (κ2) is 8.35. The van der Waals surface area contributed by atoms with Gasteiger partial charge in [0, 0.05) is 29.9 Å². The number of amides is 1. The van der Waals surface area contributed by atoms with Crippen LogP contribution in [0.2, 0.25) is 0 Å². The van der Waals surface area contributed by atoms with Gasteiger partial charge in [0.05, 0.1) is 6.20 Å². The Morgan fingerprint density at radius 3 is 2.67 bits per heavy atom. The fraction of sp³-hybridized carbons (Fsp3) is 0.450. The lowest BCUT2D eigenvalue weighted by Crippen LogP contribution is -2.32. The summed E-state index contributed by atoms with van der Waals surface area (Å²) in [6.07, 6.45) is 2.60. The van der Waals surface area contributed by atoms with E-state index in [9.17, 15) is 9.59 Å². The van der Waals surface area contributed by atoms with Crippen molar-refractivity contribution >= 4 is 27.7 Å². The zero-order valence-electron chi connectivity index (χ0n) is 16.2. The fourth-order valence-corrected chi connectivity index (χ4v) is 3.48. The SMILES string of the molecule is CCN(CC)CCCNC(=O)Cn1c2ccccc2c2cnn(C)c(=O)c21. The molecule has 144 valence electrons. The number of hydrogen-bond acceptors (Lipinski definition) is 4. The highest BCUT2D eigenvalue weighted by Crippen LogP contribution is 2.25. The smallest absolute Gasteiger partial charge is 0.291 e. The van der Waals surface area contributed by atoms with Gasteiger partial charge in [0.1, 0.15) is 12.1 Å². The van der Waals surface area contributed by atoms with Crippen molar-refractivity contribution in [2.45, 2.75) is 26.8 Å². The van der Waals surface area contributed by atoms with Gasteiger partial charge in [0.2, 0.25) is 5.91 Å². The van der Waals surface area contributed by atoms with Crippen molar-refractivity contribution in [2.24, 2.45) is 7.05 Å². The molecule has 3 aromatic rings. The molecule has 0 unspecified atom stereocenters. The molecule has 27 heavy (non-hydrogen) atoms. The zero-order valence-corrected chi connectivity index (χ0v) is 16.2. The van der Waals surface area contributed by atoms with E-state index in [1.165, 1.54) is 4.68 Å². The number of rotatable bonds is 8. The minimum absolute atomic E-state index is 0.0870. The highest BCUT2D eigenvalue weighted by atomic mass is 16.2. The molecule has 0 fully saturated rings. The summed E-state index contributed by atoms with van der Waals surface area (Å²) in [4.78, 5) is 27.5. The van der Waals surface area contributed by atoms with Crippen LogP contribution in [0.5, 0.6) is 0 Å². The summed E-state index contributed by atoms with van der Waals surface area (Å²) in [5, 5.41) is 8.82. The molecule has 1 N–H and O–H groups in total.